The molecule has 0 atom stereocenters. The third kappa shape index (κ3) is 3.65. The minimum atomic E-state index is -4.54. The Morgan fingerprint density at radius 2 is 1.60 bits per heavy atom. The Balaban J connectivity index is 1.46. The van der Waals surface area contributed by atoms with Gasteiger partial charge in [-0.05, 0) is 30.3 Å². The molecule has 1 aromatic heterocycles. The number of hydrogen-bond acceptors (Lipinski definition) is 4. The van der Waals surface area contributed by atoms with Crippen LogP contribution < -0.4 is 0 Å². The molecule has 158 valence electrons. The number of H-pyrrole nitrogens is 1. The summed E-state index contributed by atoms with van der Waals surface area (Å²) in [6.07, 6.45) is -4.54. The lowest BCUT2D eigenvalue weighted by Crippen LogP contribution is -2.50. The minimum absolute atomic E-state index is 0.0391. The van der Waals surface area contributed by atoms with Gasteiger partial charge in [0.25, 0.3) is 5.91 Å². The predicted octanol–water partition coefficient (Wildman–Crippen LogP) is 2.73. The number of halogens is 3. The van der Waals surface area contributed by atoms with Crippen LogP contribution in [0.1, 0.15) is 16.1 Å². The summed E-state index contributed by atoms with van der Waals surface area (Å²) in [5.41, 5.74) is 0.0807. The standard InChI is InChI=1S/C19H17F3N4O3S/c20-19(21,22)13-5-7-14(8-6-13)30(28,29)26-11-9-25(10-12-26)18(27)17-15-3-1-2-4-16(15)23-24-17/h1-8H,9-12H2,(H,23,24). The molecule has 0 saturated carbocycles. The van der Waals surface area contributed by atoms with E-state index in [1.54, 1.807) is 18.2 Å². The Labute approximate surface area is 170 Å². The van der Waals surface area contributed by atoms with Crippen molar-refractivity contribution in [3.63, 3.8) is 0 Å². The van der Waals surface area contributed by atoms with Crippen LogP contribution in [-0.2, 0) is 16.2 Å². The van der Waals surface area contributed by atoms with Crippen molar-refractivity contribution in [3.8, 4) is 0 Å². The van der Waals surface area contributed by atoms with E-state index in [0.717, 1.165) is 29.8 Å². The number of aromatic amines is 1. The molecule has 30 heavy (non-hydrogen) atoms. The summed E-state index contributed by atoms with van der Waals surface area (Å²) in [6.45, 7) is 0.384. The number of carbonyl (C=O) groups is 1. The number of fused-ring (bicyclic) bond motifs is 1. The van der Waals surface area contributed by atoms with Crippen LogP contribution in [0, 0.1) is 0 Å². The predicted molar refractivity (Wildman–Crippen MR) is 102 cm³/mol. The number of carbonyl (C=O) groups excluding carboxylic acids is 1. The molecule has 4 rings (SSSR count). The number of piperazine rings is 1. The molecule has 0 bridgehead atoms. The van der Waals surface area contributed by atoms with Crippen LogP contribution in [0.25, 0.3) is 10.9 Å². The number of nitrogens with one attached hydrogen (secondary N) is 1. The second-order valence-electron chi connectivity index (χ2n) is 6.84. The molecule has 0 radical (unpaired) electrons. The van der Waals surface area contributed by atoms with Crippen LogP contribution in [0.4, 0.5) is 13.2 Å². The molecule has 11 heteroatoms. The summed E-state index contributed by atoms with van der Waals surface area (Å²) < 4.78 is 64.8. The second-order valence-corrected chi connectivity index (χ2v) is 8.77. The highest BCUT2D eigenvalue weighted by Crippen LogP contribution is 2.30. The third-order valence-corrected chi connectivity index (χ3v) is 6.93. The Bertz CT molecular complexity index is 1180. The number of para-hydroxylation sites is 1. The van der Waals surface area contributed by atoms with E-state index in [1.165, 1.54) is 9.21 Å². The van der Waals surface area contributed by atoms with Gasteiger partial charge in [0, 0.05) is 31.6 Å². The molecule has 2 aromatic carbocycles. The maximum Gasteiger partial charge on any atom is 0.416 e. The zero-order valence-corrected chi connectivity index (χ0v) is 16.4. The van der Waals surface area contributed by atoms with E-state index in [0.29, 0.717) is 5.39 Å². The molecule has 1 amide bonds. The van der Waals surface area contributed by atoms with Gasteiger partial charge in [0.05, 0.1) is 16.0 Å². The molecule has 1 aliphatic heterocycles. The Kier molecular flexibility index (Phi) is 5.02. The van der Waals surface area contributed by atoms with E-state index >= 15 is 0 Å². The second kappa shape index (κ2) is 7.40. The molecule has 0 aliphatic carbocycles. The van der Waals surface area contributed by atoms with Gasteiger partial charge in [-0.15, -0.1) is 0 Å². The quantitative estimate of drug-likeness (QED) is 0.681. The number of hydrogen-bond donors (Lipinski definition) is 1. The van der Waals surface area contributed by atoms with Crippen LogP contribution in [0.5, 0.6) is 0 Å². The van der Waals surface area contributed by atoms with Crippen molar-refractivity contribution in [3.05, 3.63) is 59.8 Å². The van der Waals surface area contributed by atoms with E-state index in [9.17, 15) is 26.4 Å². The molecule has 0 unspecified atom stereocenters. The monoisotopic (exact) mass is 438 g/mol. The Morgan fingerprint density at radius 1 is 0.967 bits per heavy atom. The highest BCUT2D eigenvalue weighted by atomic mass is 32.2. The van der Waals surface area contributed by atoms with Gasteiger partial charge in [0.1, 0.15) is 0 Å². The highest BCUT2D eigenvalue weighted by molar-refractivity contribution is 7.89. The lowest BCUT2D eigenvalue weighted by molar-refractivity contribution is -0.137. The Morgan fingerprint density at radius 3 is 2.23 bits per heavy atom. The average Bonchev–Trinajstić information content (AvgIpc) is 3.17. The molecule has 1 fully saturated rings. The topological polar surface area (TPSA) is 86.4 Å². The first-order chi connectivity index (χ1) is 14.2. The number of sulfonamides is 1. The van der Waals surface area contributed by atoms with Gasteiger partial charge < -0.3 is 4.90 Å². The summed E-state index contributed by atoms with van der Waals surface area (Å²) in [7, 11) is -3.96. The van der Waals surface area contributed by atoms with Crippen LogP contribution in [0.15, 0.2) is 53.4 Å². The molecular weight excluding hydrogens is 421 g/mol. The lowest BCUT2D eigenvalue weighted by atomic mass is 10.2. The van der Waals surface area contributed by atoms with Gasteiger partial charge in [-0.2, -0.15) is 22.6 Å². The molecule has 1 N–H and O–H groups in total. The molecule has 1 saturated heterocycles. The van der Waals surface area contributed by atoms with Crippen molar-refractivity contribution < 1.29 is 26.4 Å². The lowest BCUT2D eigenvalue weighted by Gasteiger charge is -2.33. The van der Waals surface area contributed by atoms with E-state index in [1.807, 2.05) is 6.07 Å². The van der Waals surface area contributed by atoms with Gasteiger partial charge in [0.2, 0.25) is 10.0 Å². The van der Waals surface area contributed by atoms with Gasteiger partial charge in [-0.25, -0.2) is 8.42 Å². The molecule has 3 aromatic rings. The van der Waals surface area contributed by atoms with Crippen LogP contribution in [0.3, 0.4) is 0 Å². The van der Waals surface area contributed by atoms with Crippen molar-refractivity contribution in [2.24, 2.45) is 0 Å². The fraction of sp³-hybridized carbons (Fsp3) is 0.263. The van der Waals surface area contributed by atoms with E-state index < -0.39 is 21.8 Å². The first-order valence-corrected chi connectivity index (χ1v) is 10.5. The largest absolute Gasteiger partial charge is 0.416 e. The van der Waals surface area contributed by atoms with Crippen molar-refractivity contribution in [1.82, 2.24) is 19.4 Å². The first-order valence-electron chi connectivity index (χ1n) is 9.08. The normalized spacial score (nSPS) is 16.2. The zero-order chi connectivity index (χ0) is 21.5. The van der Waals surface area contributed by atoms with Gasteiger partial charge >= 0.3 is 6.18 Å². The van der Waals surface area contributed by atoms with Crippen molar-refractivity contribution in [1.29, 1.82) is 0 Å². The third-order valence-electron chi connectivity index (χ3n) is 5.02. The van der Waals surface area contributed by atoms with E-state index in [-0.39, 0.29) is 42.7 Å². The number of benzene rings is 2. The SMILES string of the molecule is O=C(c1n[nH]c2ccccc12)N1CCN(S(=O)(=O)c2ccc(C(F)(F)F)cc2)CC1. The van der Waals surface area contributed by atoms with E-state index in [2.05, 4.69) is 10.2 Å². The van der Waals surface area contributed by atoms with Crippen molar-refractivity contribution in [2.75, 3.05) is 26.2 Å². The number of alkyl halides is 3. The molecular formula is C19H17F3N4O3S. The first kappa shape index (κ1) is 20.4. The van der Waals surface area contributed by atoms with Crippen molar-refractivity contribution >= 4 is 26.8 Å². The van der Waals surface area contributed by atoms with Gasteiger partial charge in [-0.1, -0.05) is 18.2 Å². The van der Waals surface area contributed by atoms with Crippen LogP contribution >= 0.6 is 0 Å². The van der Waals surface area contributed by atoms with Crippen molar-refractivity contribution in [2.45, 2.75) is 11.1 Å². The summed E-state index contributed by atoms with van der Waals surface area (Å²) in [5, 5.41) is 7.55. The number of nitrogens with zero attached hydrogens (tertiary/aromatic N) is 3. The van der Waals surface area contributed by atoms with Gasteiger partial charge in [0.15, 0.2) is 5.69 Å². The maximum absolute atomic E-state index is 12.8. The number of rotatable bonds is 3. The average molecular weight is 438 g/mol. The van der Waals surface area contributed by atoms with Crippen LogP contribution in [-0.4, -0.2) is 59.9 Å². The molecule has 0 spiro atoms. The Hall–Kier alpha value is -2.92. The van der Waals surface area contributed by atoms with Gasteiger partial charge in [-0.3, -0.25) is 9.89 Å². The molecule has 7 nitrogen and oxygen atoms in total. The molecule has 2 heterocycles. The summed E-state index contributed by atoms with van der Waals surface area (Å²) >= 11 is 0. The minimum Gasteiger partial charge on any atom is -0.335 e. The number of amides is 1. The highest BCUT2D eigenvalue weighted by Gasteiger charge is 2.33. The maximum atomic E-state index is 12.8. The van der Waals surface area contributed by atoms with E-state index in [4.69, 9.17) is 0 Å². The van der Waals surface area contributed by atoms with Crippen LogP contribution in [0.2, 0.25) is 0 Å². The smallest absolute Gasteiger partial charge is 0.335 e. The fourth-order valence-electron chi connectivity index (χ4n) is 3.37. The fourth-order valence-corrected chi connectivity index (χ4v) is 4.79. The zero-order valence-electron chi connectivity index (χ0n) is 15.6. The summed E-state index contributed by atoms with van der Waals surface area (Å²) in [5.74, 6) is -0.306. The summed E-state index contributed by atoms with van der Waals surface area (Å²) in [4.78, 5) is 14.1. The summed E-state index contributed by atoms with van der Waals surface area (Å²) in [6, 6.07) is 10.6. The number of aromatic nitrogens is 2. The molecule has 1 aliphatic rings.